The highest BCUT2D eigenvalue weighted by atomic mass is 16.5. The van der Waals surface area contributed by atoms with Crippen molar-refractivity contribution in [3.05, 3.63) is 12.1 Å². The molecule has 0 amide bonds. The number of nitrogens with one attached hydrogen (secondary N) is 1. The van der Waals surface area contributed by atoms with Gasteiger partial charge in [-0.25, -0.2) is 0 Å². The van der Waals surface area contributed by atoms with Crippen LogP contribution >= 0.6 is 0 Å². The summed E-state index contributed by atoms with van der Waals surface area (Å²) < 4.78 is 5.72. The van der Waals surface area contributed by atoms with Crippen LogP contribution in [0.4, 0.5) is 11.5 Å². The van der Waals surface area contributed by atoms with E-state index in [2.05, 4.69) is 10.3 Å². The number of aliphatic hydroxyl groups excluding tert-OH is 1. The second kappa shape index (κ2) is 6.10. The smallest absolute Gasteiger partial charge is 0.239 e. The highest BCUT2D eigenvalue weighted by molar-refractivity contribution is 5.54. The number of pyridine rings is 1. The normalized spacial score (nSPS) is 21.0. The first-order chi connectivity index (χ1) is 10.2. The summed E-state index contributed by atoms with van der Waals surface area (Å²) >= 11 is 0. The Bertz CT molecular complexity index is 482. The molecule has 1 heterocycles. The van der Waals surface area contributed by atoms with Crippen LogP contribution in [0.15, 0.2) is 12.1 Å². The fourth-order valence-electron chi connectivity index (χ4n) is 2.94. The molecule has 0 atom stereocenters. The fourth-order valence-corrected chi connectivity index (χ4v) is 2.94. The number of nitrogen functional groups attached to an aromatic ring is 1. The van der Waals surface area contributed by atoms with Crippen molar-refractivity contribution in [1.29, 1.82) is 0 Å². The van der Waals surface area contributed by atoms with Gasteiger partial charge in [0.05, 0.1) is 24.4 Å². The summed E-state index contributed by atoms with van der Waals surface area (Å²) in [6.07, 6.45) is 7.98. The number of hydrogen-bond acceptors (Lipinski definition) is 5. The first-order valence-electron chi connectivity index (χ1n) is 7.99. The van der Waals surface area contributed by atoms with E-state index < -0.39 is 0 Å². The number of hydrogen-bond donors (Lipinski definition) is 3. The Morgan fingerprint density at radius 3 is 2.71 bits per heavy atom. The summed E-state index contributed by atoms with van der Waals surface area (Å²) in [7, 11) is 0. The molecule has 2 aliphatic rings. The summed E-state index contributed by atoms with van der Waals surface area (Å²) in [5.74, 6) is 1.92. The van der Waals surface area contributed by atoms with Gasteiger partial charge >= 0.3 is 0 Å². The van der Waals surface area contributed by atoms with Gasteiger partial charge in [-0.15, -0.1) is 0 Å². The predicted molar refractivity (Wildman–Crippen MR) is 83.4 cm³/mol. The molecule has 5 nitrogen and oxygen atoms in total. The summed E-state index contributed by atoms with van der Waals surface area (Å²) in [5.41, 5.74) is 6.26. The lowest BCUT2D eigenvalue weighted by molar-refractivity contribution is 0.172. The monoisotopic (exact) mass is 291 g/mol. The standard InChI is InChI=1S/C16H25N3O2/c17-13-6-7-14(18-15(13)21-10-12-4-5-12)19-16(11-20)8-2-1-3-9-16/h6-7,12,20H,1-5,8-11,17H2,(H,18,19). The number of ether oxygens (including phenoxy) is 1. The van der Waals surface area contributed by atoms with Crippen molar-refractivity contribution >= 4 is 11.5 Å². The third-order valence-electron chi connectivity index (χ3n) is 4.55. The number of rotatable bonds is 6. The maximum absolute atomic E-state index is 9.76. The van der Waals surface area contributed by atoms with Gasteiger partial charge in [0.1, 0.15) is 5.82 Å². The van der Waals surface area contributed by atoms with Crippen molar-refractivity contribution < 1.29 is 9.84 Å². The summed E-state index contributed by atoms with van der Waals surface area (Å²) in [5, 5.41) is 13.2. The van der Waals surface area contributed by atoms with Gasteiger partial charge in [0.2, 0.25) is 5.88 Å². The summed E-state index contributed by atoms with van der Waals surface area (Å²) in [6, 6.07) is 3.69. The van der Waals surface area contributed by atoms with E-state index in [1.807, 2.05) is 12.1 Å². The highest BCUT2D eigenvalue weighted by Crippen LogP contribution is 2.33. The molecular formula is C16H25N3O2. The van der Waals surface area contributed by atoms with Crippen LogP contribution in [0.3, 0.4) is 0 Å². The van der Waals surface area contributed by atoms with E-state index >= 15 is 0 Å². The number of aliphatic hydroxyl groups is 1. The molecular weight excluding hydrogens is 266 g/mol. The van der Waals surface area contributed by atoms with E-state index in [-0.39, 0.29) is 12.1 Å². The average molecular weight is 291 g/mol. The lowest BCUT2D eigenvalue weighted by Gasteiger charge is -2.37. The molecule has 0 radical (unpaired) electrons. The van der Waals surface area contributed by atoms with Crippen molar-refractivity contribution in [2.24, 2.45) is 5.92 Å². The fraction of sp³-hybridized carbons (Fsp3) is 0.688. The molecule has 0 aromatic carbocycles. The van der Waals surface area contributed by atoms with E-state index in [0.29, 0.717) is 24.1 Å². The molecule has 1 aromatic rings. The second-order valence-electron chi connectivity index (χ2n) is 6.47. The van der Waals surface area contributed by atoms with Crippen LogP contribution < -0.4 is 15.8 Å². The van der Waals surface area contributed by atoms with Gasteiger partial charge < -0.3 is 20.9 Å². The minimum absolute atomic E-state index is 0.136. The van der Waals surface area contributed by atoms with Crippen LogP contribution in [0.2, 0.25) is 0 Å². The summed E-state index contributed by atoms with van der Waals surface area (Å²) in [6.45, 7) is 0.836. The van der Waals surface area contributed by atoms with E-state index in [4.69, 9.17) is 10.5 Å². The van der Waals surface area contributed by atoms with Gasteiger partial charge in [0, 0.05) is 0 Å². The van der Waals surface area contributed by atoms with Crippen LogP contribution in [-0.4, -0.2) is 28.8 Å². The zero-order chi connectivity index (χ0) is 14.7. The van der Waals surface area contributed by atoms with E-state index in [1.165, 1.54) is 19.3 Å². The minimum atomic E-state index is -0.241. The van der Waals surface area contributed by atoms with Crippen molar-refractivity contribution in [2.45, 2.75) is 50.5 Å². The lowest BCUT2D eigenvalue weighted by Crippen LogP contribution is -2.44. The van der Waals surface area contributed by atoms with Gasteiger partial charge in [0.15, 0.2) is 0 Å². The molecule has 0 bridgehead atoms. The Kier molecular flexibility index (Phi) is 4.19. The summed E-state index contributed by atoms with van der Waals surface area (Å²) in [4.78, 5) is 4.49. The third kappa shape index (κ3) is 3.59. The molecule has 1 aromatic heterocycles. The molecule has 2 saturated carbocycles. The van der Waals surface area contributed by atoms with Gasteiger partial charge in [0.25, 0.3) is 0 Å². The molecule has 21 heavy (non-hydrogen) atoms. The first-order valence-corrected chi connectivity index (χ1v) is 7.99. The molecule has 5 heteroatoms. The lowest BCUT2D eigenvalue weighted by atomic mass is 9.82. The minimum Gasteiger partial charge on any atom is -0.476 e. The van der Waals surface area contributed by atoms with Gasteiger partial charge in [-0.05, 0) is 43.7 Å². The third-order valence-corrected chi connectivity index (χ3v) is 4.55. The molecule has 0 saturated heterocycles. The van der Waals surface area contributed by atoms with Crippen molar-refractivity contribution in [3.8, 4) is 5.88 Å². The zero-order valence-corrected chi connectivity index (χ0v) is 12.5. The Hall–Kier alpha value is -1.49. The topological polar surface area (TPSA) is 80.4 Å². The van der Waals surface area contributed by atoms with Crippen LogP contribution in [0.25, 0.3) is 0 Å². The molecule has 2 aliphatic carbocycles. The van der Waals surface area contributed by atoms with E-state index in [1.54, 1.807) is 0 Å². The predicted octanol–water partition coefficient (Wildman–Crippen LogP) is 2.56. The molecule has 0 unspecified atom stereocenters. The molecule has 116 valence electrons. The Balaban J connectivity index is 1.70. The number of nitrogens with zero attached hydrogens (tertiary/aromatic N) is 1. The van der Waals surface area contributed by atoms with E-state index in [0.717, 1.165) is 31.5 Å². The van der Waals surface area contributed by atoms with E-state index in [9.17, 15) is 5.11 Å². The number of anilines is 2. The Labute approximate surface area is 125 Å². The Morgan fingerprint density at radius 2 is 2.05 bits per heavy atom. The molecule has 4 N–H and O–H groups in total. The maximum Gasteiger partial charge on any atom is 0.239 e. The van der Waals surface area contributed by atoms with Crippen molar-refractivity contribution in [1.82, 2.24) is 4.98 Å². The zero-order valence-electron chi connectivity index (χ0n) is 12.5. The van der Waals surface area contributed by atoms with Crippen LogP contribution in [0, 0.1) is 5.92 Å². The van der Waals surface area contributed by atoms with Gasteiger partial charge in [-0.3, -0.25) is 0 Å². The van der Waals surface area contributed by atoms with Crippen molar-refractivity contribution in [3.63, 3.8) is 0 Å². The molecule has 2 fully saturated rings. The Morgan fingerprint density at radius 1 is 1.29 bits per heavy atom. The molecule has 0 aliphatic heterocycles. The van der Waals surface area contributed by atoms with Crippen LogP contribution in [0.5, 0.6) is 5.88 Å². The number of nitrogens with two attached hydrogens (primary N) is 1. The average Bonchev–Trinajstić information content (AvgIpc) is 3.33. The van der Waals surface area contributed by atoms with Gasteiger partial charge in [-0.1, -0.05) is 19.3 Å². The van der Waals surface area contributed by atoms with Gasteiger partial charge in [-0.2, -0.15) is 4.98 Å². The molecule has 3 rings (SSSR count). The maximum atomic E-state index is 9.76. The quantitative estimate of drug-likeness (QED) is 0.750. The molecule has 0 spiro atoms. The van der Waals surface area contributed by atoms with Crippen LogP contribution in [0.1, 0.15) is 44.9 Å². The largest absolute Gasteiger partial charge is 0.476 e. The first kappa shape index (κ1) is 14.4. The highest BCUT2D eigenvalue weighted by Gasteiger charge is 2.31. The number of aromatic nitrogens is 1. The SMILES string of the molecule is Nc1ccc(NC2(CO)CCCCC2)nc1OCC1CC1. The van der Waals surface area contributed by atoms with Crippen LogP contribution in [-0.2, 0) is 0 Å². The van der Waals surface area contributed by atoms with Crippen molar-refractivity contribution in [2.75, 3.05) is 24.3 Å². The second-order valence-corrected chi connectivity index (χ2v) is 6.47.